The van der Waals surface area contributed by atoms with Crippen molar-refractivity contribution in [1.29, 1.82) is 0 Å². The predicted octanol–water partition coefficient (Wildman–Crippen LogP) is 6.64. The largest absolute Gasteiger partial charge is 0.489 e. The van der Waals surface area contributed by atoms with Crippen molar-refractivity contribution in [3.8, 4) is 17.2 Å². The fourth-order valence-corrected chi connectivity index (χ4v) is 4.60. The molecule has 0 aliphatic rings. The monoisotopic (exact) mass is 531 g/mol. The molecule has 6 aromatic rings. The average Bonchev–Trinajstić information content (AvgIpc) is 3.01. The van der Waals surface area contributed by atoms with Crippen molar-refractivity contribution in [2.75, 3.05) is 26.4 Å². The van der Waals surface area contributed by atoms with Gasteiger partial charge in [0, 0.05) is 34.7 Å². The standard InChI is InChI=1S/C33H29N3O4/c1-33(22-38-28-15-3-9-25-12-6-18-35-31(25)28,23-39-29-16-4-10-26-13-7-19-36-32(26)29)40-21-20-37-27-14-2-8-24-11-5-17-34-30(24)27/h2-19H,20-23H2,1H3. The fourth-order valence-electron chi connectivity index (χ4n) is 4.60. The second-order valence-electron chi connectivity index (χ2n) is 9.72. The van der Waals surface area contributed by atoms with Crippen molar-refractivity contribution in [3.63, 3.8) is 0 Å². The van der Waals surface area contributed by atoms with E-state index in [9.17, 15) is 0 Å². The van der Waals surface area contributed by atoms with Crippen molar-refractivity contribution in [3.05, 3.63) is 110 Å². The molecule has 0 atom stereocenters. The smallest absolute Gasteiger partial charge is 0.145 e. The summed E-state index contributed by atoms with van der Waals surface area (Å²) in [5, 5.41) is 3.05. The number of fused-ring (bicyclic) bond motifs is 3. The van der Waals surface area contributed by atoms with Gasteiger partial charge in [0.2, 0.25) is 0 Å². The lowest BCUT2D eigenvalue weighted by Crippen LogP contribution is -2.43. The van der Waals surface area contributed by atoms with Gasteiger partial charge in [-0.15, -0.1) is 0 Å². The molecule has 0 saturated carbocycles. The predicted molar refractivity (Wildman–Crippen MR) is 156 cm³/mol. The molecule has 7 heteroatoms. The lowest BCUT2D eigenvalue weighted by atomic mass is 10.1. The van der Waals surface area contributed by atoms with Crippen LogP contribution in [0.4, 0.5) is 0 Å². The summed E-state index contributed by atoms with van der Waals surface area (Å²) < 4.78 is 25.1. The second-order valence-corrected chi connectivity index (χ2v) is 9.72. The summed E-state index contributed by atoms with van der Waals surface area (Å²) in [6.45, 7) is 3.14. The maximum atomic E-state index is 6.39. The molecule has 6 rings (SSSR count). The van der Waals surface area contributed by atoms with E-state index >= 15 is 0 Å². The molecule has 0 aliphatic carbocycles. The van der Waals surface area contributed by atoms with Crippen LogP contribution in [0, 0.1) is 0 Å². The van der Waals surface area contributed by atoms with E-state index < -0.39 is 5.60 Å². The number of hydrogen-bond acceptors (Lipinski definition) is 7. The van der Waals surface area contributed by atoms with E-state index in [1.807, 2.05) is 97.9 Å². The number of ether oxygens (including phenoxy) is 4. The van der Waals surface area contributed by atoms with Gasteiger partial charge in [-0.3, -0.25) is 15.0 Å². The zero-order chi connectivity index (χ0) is 27.2. The Kier molecular flexibility index (Phi) is 7.37. The van der Waals surface area contributed by atoms with E-state index in [0.717, 1.165) is 38.5 Å². The molecule has 0 fully saturated rings. The maximum absolute atomic E-state index is 6.39. The number of aromatic nitrogens is 3. The summed E-state index contributed by atoms with van der Waals surface area (Å²) in [5.74, 6) is 2.11. The Morgan fingerprint density at radius 3 is 1.35 bits per heavy atom. The molecule has 7 nitrogen and oxygen atoms in total. The first kappa shape index (κ1) is 25.5. The summed E-state index contributed by atoms with van der Waals surface area (Å²) in [4.78, 5) is 13.5. The van der Waals surface area contributed by atoms with E-state index in [1.165, 1.54) is 0 Å². The number of nitrogens with zero attached hydrogens (tertiary/aromatic N) is 3. The topological polar surface area (TPSA) is 75.6 Å². The quantitative estimate of drug-likeness (QED) is 0.173. The van der Waals surface area contributed by atoms with Crippen LogP contribution in [-0.2, 0) is 4.74 Å². The van der Waals surface area contributed by atoms with Crippen LogP contribution in [0.25, 0.3) is 32.7 Å². The van der Waals surface area contributed by atoms with E-state index in [1.54, 1.807) is 18.6 Å². The number of benzene rings is 3. The normalized spacial score (nSPS) is 11.6. The van der Waals surface area contributed by atoms with Crippen LogP contribution in [0.5, 0.6) is 17.2 Å². The van der Waals surface area contributed by atoms with Gasteiger partial charge in [-0.2, -0.15) is 0 Å². The van der Waals surface area contributed by atoms with Crippen LogP contribution in [0.2, 0.25) is 0 Å². The molecule has 3 aromatic carbocycles. The molecule has 0 aliphatic heterocycles. The summed E-state index contributed by atoms with van der Waals surface area (Å²) in [6.07, 6.45) is 5.30. The van der Waals surface area contributed by atoms with Crippen LogP contribution in [0.1, 0.15) is 6.92 Å². The van der Waals surface area contributed by atoms with Gasteiger partial charge < -0.3 is 18.9 Å². The first-order chi connectivity index (χ1) is 19.7. The molecular formula is C33H29N3O4. The molecule has 0 bridgehead atoms. The molecule has 3 aromatic heterocycles. The molecule has 0 spiro atoms. The average molecular weight is 532 g/mol. The molecule has 40 heavy (non-hydrogen) atoms. The zero-order valence-corrected chi connectivity index (χ0v) is 22.2. The van der Waals surface area contributed by atoms with Crippen LogP contribution in [-0.4, -0.2) is 47.0 Å². The zero-order valence-electron chi connectivity index (χ0n) is 22.2. The van der Waals surface area contributed by atoms with Crippen molar-refractivity contribution >= 4 is 32.7 Å². The van der Waals surface area contributed by atoms with Gasteiger partial charge in [-0.1, -0.05) is 54.6 Å². The first-order valence-corrected chi connectivity index (χ1v) is 13.2. The lowest BCUT2D eigenvalue weighted by Gasteiger charge is -2.30. The Bertz CT molecular complexity index is 1660. The van der Waals surface area contributed by atoms with E-state index in [4.69, 9.17) is 18.9 Å². The molecule has 3 heterocycles. The summed E-state index contributed by atoms with van der Waals surface area (Å²) in [7, 11) is 0. The molecule has 0 radical (unpaired) electrons. The Labute approximate surface area is 232 Å². The van der Waals surface area contributed by atoms with Crippen molar-refractivity contribution in [2.24, 2.45) is 0 Å². The van der Waals surface area contributed by atoms with Crippen LogP contribution in [0.3, 0.4) is 0 Å². The van der Waals surface area contributed by atoms with Gasteiger partial charge in [-0.05, 0) is 43.3 Å². The minimum absolute atomic E-state index is 0.247. The number of rotatable bonds is 11. The fraction of sp³-hybridized carbons (Fsp3) is 0.182. The van der Waals surface area contributed by atoms with Crippen molar-refractivity contribution < 1.29 is 18.9 Å². The molecule has 0 unspecified atom stereocenters. The highest BCUT2D eigenvalue weighted by Crippen LogP contribution is 2.28. The Hall–Kier alpha value is -4.75. The molecular weight excluding hydrogens is 502 g/mol. The third kappa shape index (κ3) is 5.65. The highest BCUT2D eigenvalue weighted by molar-refractivity contribution is 5.85. The van der Waals surface area contributed by atoms with Gasteiger partial charge in [0.15, 0.2) is 0 Å². The van der Waals surface area contributed by atoms with E-state index in [2.05, 4.69) is 15.0 Å². The third-order valence-corrected chi connectivity index (χ3v) is 6.64. The van der Waals surface area contributed by atoms with Gasteiger partial charge in [-0.25, -0.2) is 0 Å². The van der Waals surface area contributed by atoms with Crippen molar-refractivity contribution in [1.82, 2.24) is 15.0 Å². The maximum Gasteiger partial charge on any atom is 0.145 e. The molecule has 0 saturated heterocycles. The molecule has 200 valence electrons. The molecule has 0 N–H and O–H groups in total. The second kappa shape index (κ2) is 11.6. The first-order valence-electron chi connectivity index (χ1n) is 13.2. The Morgan fingerprint density at radius 1 is 0.500 bits per heavy atom. The van der Waals surface area contributed by atoms with E-state index in [-0.39, 0.29) is 13.2 Å². The summed E-state index contributed by atoms with van der Waals surface area (Å²) in [6, 6.07) is 29.5. The van der Waals surface area contributed by atoms with Crippen LogP contribution < -0.4 is 14.2 Å². The van der Waals surface area contributed by atoms with Crippen LogP contribution in [0.15, 0.2) is 110 Å². The SMILES string of the molecule is CC(COc1cccc2cccnc12)(COc1cccc2cccnc12)OCCOc1cccc2cccnc12. The van der Waals surface area contributed by atoms with Gasteiger partial charge >= 0.3 is 0 Å². The Balaban J connectivity index is 1.18. The van der Waals surface area contributed by atoms with Crippen molar-refractivity contribution in [2.45, 2.75) is 12.5 Å². The highest BCUT2D eigenvalue weighted by atomic mass is 16.6. The van der Waals surface area contributed by atoms with Gasteiger partial charge in [0.1, 0.15) is 59.2 Å². The highest BCUT2D eigenvalue weighted by Gasteiger charge is 2.29. The van der Waals surface area contributed by atoms with E-state index in [0.29, 0.717) is 24.7 Å². The minimum Gasteiger partial charge on any atom is -0.489 e. The van der Waals surface area contributed by atoms with Crippen LogP contribution >= 0.6 is 0 Å². The number of para-hydroxylation sites is 3. The molecule has 0 amide bonds. The summed E-state index contributed by atoms with van der Waals surface area (Å²) >= 11 is 0. The lowest BCUT2D eigenvalue weighted by molar-refractivity contribution is -0.0903. The Morgan fingerprint density at radius 2 is 0.900 bits per heavy atom. The summed E-state index contributed by atoms with van der Waals surface area (Å²) in [5.41, 5.74) is 1.64. The van der Waals surface area contributed by atoms with Gasteiger partial charge in [0.25, 0.3) is 0 Å². The third-order valence-electron chi connectivity index (χ3n) is 6.64. The number of hydrogen-bond donors (Lipinski definition) is 0. The minimum atomic E-state index is -0.797. The van der Waals surface area contributed by atoms with Gasteiger partial charge in [0.05, 0.1) is 6.61 Å². The number of pyridine rings is 3.